The number of hydrogen-bond donors (Lipinski definition) is 1. The lowest BCUT2D eigenvalue weighted by Gasteiger charge is -2.14. The Balaban J connectivity index is 2.84. The van der Waals surface area contributed by atoms with Gasteiger partial charge in [0, 0.05) is 18.5 Å². The Morgan fingerprint density at radius 3 is 2.71 bits per heavy atom. The van der Waals surface area contributed by atoms with Crippen LogP contribution < -0.4 is 5.32 Å². The Morgan fingerprint density at radius 1 is 1.53 bits per heavy atom. The second-order valence-corrected chi connectivity index (χ2v) is 5.32. The van der Waals surface area contributed by atoms with Gasteiger partial charge in [0.2, 0.25) is 0 Å². The predicted molar refractivity (Wildman–Crippen MR) is 72.4 cm³/mol. The number of aromatic nitrogens is 2. The standard InChI is InChI=1S/C12H20BrN3O/c1-5-14-9(4)6-11(17)12-10(13)7-15-16(12)8(2)3/h7-9,14H,5-6H2,1-4H3. The summed E-state index contributed by atoms with van der Waals surface area (Å²) in [5.41, 5.74) is 0.671. The van der Waals surface area contributed by atoms with Crippen molar-refractivity contribution in [3.8, 4) is 0 Å². The molecule has 0 saturated carbocycles. The lowest BCUT2D eigenvalue weighted by molar-refractivity contribution is 0.0958. The molecule has 4 nitrogen and oxygen atoms in total. The van der Waals surface area contributed by atoms with Crippen molar-refractivity contribution in [2.24, 2.45) is 0 Å². The molecular formula is C12H20BrN3O. The van der Waals surface area contributed by atoms with Crippen molar-refractivity contribution in [2.45, 2.75) is 46.2 Å². The van der Waals surface area contributed by atoms with Gasteiger partial charge in [-0.15, -0.1) is 0 Å². The van der Waals surface area contributed by atoms with Crippen LogP contribution in [0.25, 0.3) is 0 Å². The summed E-state index contributed by atoms with van der Waals surface area (Å²) in [5, 5.41) is 7.46. The molecule has 1 unspecified atom stereocenters. The van der Waals surface area contributed by atoms with E-state index in [9.17, 15) is 4.79 Å². The van der Waals surface area contributed by atoms with Gasteiger partial charge in [-0.1, -0.05) is 6.92 Å². The highest BCUT2D eigenvalue weighted by Crippen LogP contribution is 2.21. The zero-order valence-electron chi connectivity index (χ0n) is 10.8. The van der Waals surface area contributed by atoms with Crippen molar-refractivity contribution in [3.05, 3.63) is 16.4 Å². The average Bonchev–Trinajstić information content (AvgIpc) is 2.60. The number of nitrogens with zero attached hydrogens (tertiary/aromatic N) is 2. The Hall–Kier alpha value is -0.680. The van der Waals surface area contributed by atoms with Gasteiger partial charge in [-0.3, -0.25) is 9.48 Å². The highest BCUT2D eigenvalue weighted by Gasteiger charge is 2.20. The summed E-state index contributed by atoms with van der Waals surface area (Å²) in [6.07, 6.45) is 2.18. The Bertz CT molecular complexity index is 387. The van der Waals surface area contributed by atoms with E-state index in [1.54, 1.807) is 10.9 Å². The monoisotopic (exact) mass is 301 g/mol. The molecule has 96 valence electrons. The van der Waals surface area contributed by atoms with Crippen LogP contribution in [0.1, 0.15) is 50.6 Å². The predicted octanol–water partition coefficient (Wildman–Crippen LogP) is 2.80. The van der Waals surface area contributed by atoms with Crippen LogP contribution in [0.15, 0.2) is 10.7 Å². The summed E-state index contributed by atoms with van der Waals surface area (Å²) in [4.78, 5) is 12.2. The molecule has 0 spiro atoms. The number of Topliss-reactive ketones (excluding diaryl/α,β-unsaturated/α-hetero) is 1. The first-order chi connectivity index (χ1) is 7.97. The molecule has 1 atom stereocenters. The van der Waals surface area contributed by atoms with Gasteiger partial charge >= 0.3 is 0 Å². The molecule has 0 aliphatic heterocycles. The van der Waals surface area contributed by atoms with Crippen LogP contribution in [0.3, 0.4) is 0 Å². The molecular weight excluding hydrogens is 282 g/mol. The first-order valence-corrected chi connectivity index (χ1v) is 6.76. The molecule has 1 rings (SSSR count). The minimum absolute atomic E-state index is 0.122. The molecule has 0 saturated heterocycles. The lowest BCUT2D eigenvalue weighted by Crippen LogP contribution is -2.29. The SMILES string of the molecule is CCNC(C)CC(=O)c1c(Br)cnn1C(C)C. The maximum atomic E-state index is 12.2. The second-order valence-electron chi connectivity index (χ2n) is 4.47. The van der Waals surface area contributed by atoms with E-state index in [1.165, 1.54) is 0 Å². The van der Waals surface area contributed by atoms with Crippen LogP contribution in [0.2, 0.25) is 0 Å². The fourth-order valence-electron chi connectivity index (χ4n) is 1.79. The van der Waals surface area contributed by atoms with Crippen molar-refractivity contribution < 1.29 is 4.79 Å². The van der Waals surface area contributed by atoms with Gasteiger partial charge in [-0.25, -0.2) is 0 Å². The minimum Gasteiger partial charge on any atom is -0.314 e. The van der Waals surface area contributed by atoms with E-state index in [2.05, 4.69) is 26.3 Å². The molecule has 1 N–H and O–H groups in total. The third-order valence-electron chi connectivity index (χ3n) is 2.55. The number of halogens is 1. The van der Waals surface area contributed by atoms with Crippen molar-refractivity contribution in [3.63, 3.8) is 0 Å². The van der Waals surface area contributed by atoms with Gasteiger partial charge in [0.1, 0.15) is 5.69 Å². The lowest BCUT2D eigenvalue weighted by atomic mass is 10.1. The first-order valence-electron chi connectivity index (χ1n) is 5.96. The molecule has 1 aromatic rings. The molecule has 0 amide bonds. The molecule has 0 radical (unpaired) electrons. The summed E-state index contributed by atoms with van der Waals surface area (Å²) in [7, 11) is 0. The summed E-state index contributed by atoms with van der Waals surface area (Å²) < 4.78 is 2.55. The summed E-state index contributed by atoms with van der Waals surface area (Å²) in [5.74, 6) is 0.122. The van der Waals surface area contributed by atoms with Crippen LogP contribution >= 0.6 is 15.9 Å². The van der Waals surface area contributed by atoms with Gasteiger partial charge in [-0.05, 0) is 43.2 Å². The van der Waals surface area contributed by atoms with E-state index in [1.807, 2.05) is 27.7 Å². The normalized spacial score (nSPS) is 13.1. The topological polar surface area (TPSA) is 46.9 Å². The van der Waals surface area contributed by atoms with Gasteiger partial charge in [0.05, 0.1) is 10.7 Å². The molecule has 0 aromatic carbocycles. The van der Waals surface area contributed by atoms with E-state index >= 15 is 0 Å². The molecule has 1 heterocycles. The van der Waals surface area contributed by atoms with Gasteiger partial charge in [0.15, 0.2) is 5.78 Å². The zero-order chi connectivity index (χ0) is 13.0. The summed E-state index contributed by atoms with van der Waals surface area (Å²) in [6.45, 7) is 8.97. The molecule has 1 aromatic heterocycles. The number of nitrogens with one attached hydrogen (secondary N) is 1. The number of carbonyl (C=O) groups excluding carboxylic acids is 1. The van der Waals surface area contributed by atoms with Crippen LogP contribution in [0.4, 0.5) is 0 Å². The molecule has 17 heavy (non-hydrogen) atoms. The van der Waals surface area contributed by atoms with Crippen LogP contribution in [0, 0.1) is 0 Å². The molecule has 0 fully saturated rings. The van der Waals surface area contributed by atoms with Crippen molar-refractivity contribution in [1.82, 2.24) is 15.1 Å². The molecule has 0 bridgehead atoms. The maximum Gasteiger partial charge on any atom is 0.183 e. The first kappa shape index (κ1) is 14.4. The van der Waals surface area contributed by atoms with E-state index in [-0.39, 0.29) is 17.9 Å². The highest BCUT2D eigenvalue weighted by atomic mass is 79.9. The summed E-state index contributed by atoms with van der Waals surface area (Å²) >= 11 is 3.39. The van der Waals surface area contributed by atoms with Crippen LogP contribution in [-0.4, -0.2) is 28.2 Å². The highest BCUT2D eigenvalue weighted by molar-refractivity contribution is 9.10. The zero-order valence-corrected chi connectivity index (χ0v) is 12.4. The molecule has 0 aliphatic rings. The van der Waals surface area contributed by atoms with E-state index in [0.717, 1.165) is 11.0 Å². The number of carbonyl (C=O) groups is 1. The fourth-order valence-corrected chi connectivity index (χ4v) is 2.28. The number of hydrogen-bond acceptors (Lipinski definition) is 3. The third kappa shape index (κ3) is 3.64. The number of ketones is 1. The van der Waals surface area contributed by atoms with E-state index in [0.29, 0.717) is 12.1 Å². The van der Waals surface area contributed by atoms with E-state index < -0.39 is 0 Å². The van der Waals surface area contributed by atoms with Crippen LogP contribution in [0.5, 0.6) is 0 Å². The van der Waals surface area contributed by atoms with Crippen LogP contribution in [-0.2, 0) is 0 Å². The van der Waals surface area contributed by atoms with Crippen molar-refractivity contribution in [1.29, 1.82) is 0 Å². The maximum absolute atomic E-state index is 12.2. The van der Waals surface area contributed by atoms with Gasteiger partial charge in [-0.2, -0.15) is 5.10 Å². The van der Waals surface area contributed by atoms with E-state index in [4.69, 9.17) is 0 Å². The second kappa shape index (κ2) is 6.31. The Kier molecular flexibility index (Phi) is 5.33. The fraction of sp³-hybridized carbons (Fsp3) is 0.667. The Morgan fingerprint density at radius 2 is 2.18 bits per heavy atom. The van der Waals surface area contributed by atoms with Crippen molar-refractivity contribution in [2.75, 3.05) is 6.54 Å². The third-order valence-corrected chi connectivity index (χ3v) is 3.13. The molecule has 5 heteroatoms. The molecule has 0 aliphatic carbocycles. The quantitative estimate of drug-likeness (QED) is 0.822. The van der Waals surface area contributed by atoms with Crippen molar-refractivity contribution >= 4 is 21.7 Å². The summed E-state index contributed by atoms with van der Waals surface area (Å²) in [6, 6.07) is 0.379. The minimum atomic E-state index is 0.122. The number of rotatable bonds is 6. The average molecular weight is 302 g/mol. The largest absolute Gasteiger partial charge is 0.314 e. The Labute approximate surface area is 111 Å². The smallest absolute Gasteiger partial charge is 0.183 e. The van der Waals surface area contributed by atoms with Gasteiger partial charge in [0.25, 0.3) is 0 Å². The van der Waals surface area contributed by atoms with Gasteiger partial charge < -0.3 is 5.32 Å².